The lowest BCUT2D eigenvalue weighted by Crippen LogP contribution is -2.46. The van der Waals surface area contributed by atoms with E-state index in [1.165, 1.54) is 0 Å². The van der Waals surface area contributed by atoms with Gasteiger partial charge in [0.25, 0.3) is 0 Å². The second-order valence-corrected chi connectivity index (χ2v) is 8.46. The molecule has 0 aromatic carbocycles. The van der Waals surface area contributed by atoms with Crippen molar-refractivity contribution in [2.45, 2.75) is 60.2 Å². The van der Waals surface area contributed by atoms with Crippen molar-refractivity contribution in [2.75, 3.05) is 39.6 Å². The molecule has 0 spiro atoms. The van der Waals surface area contributed by atoms with E-state index in [2.05, 4.69) is 0 Å². The first-order valence-electron chi connectivity index (χ1n) is 11.0. The van der Waals surface area contributed by atoms with E-state index in [0.29, 0.717) is 32.8 Å². The molecule has 2 aliphatic rings. The summed E-state index contributed by atoms with van der Waals surface area (Å²) < 4.78 is 29.7. The Bertz CT molecular complexity index is 613. The van der Waals surface area contributed by atoms with Crippen LogP contribution in [0.25, 0.3) is 0 Å². The number of ether oxygens (including phenoxy) is 6. The SMILES string of the molecule is CC(C)C(=O)OCC(=O)OC1CCCO1.CCC1(COC(=O)COC(=O)C(C)C)COC1. The maximum atomic E-state index is 11.3. The molecule has 0 saturated carbocycles. The van der Waals surface area contributed by atoms with Crippen molar-refractivity contribution < 1.29 is 47.6 Å². The standard InChI is InChI=1S/C12H20O5.C10H16O5/c1-4-12(6-15-7-12)8-17-10(13)5-16-11(14)9(2)3;1-7(2)10(12)14-6-8(11)15-9-4-3-5-13-9/h9H,4-8H2,1-3H3;7,9H,3-6H2,1-2H3. The summed E-state index contributed by atoms with van der Waals surface area (Å²) in [4.78, 5) is 44.6. The van der Waals surface area contributed by atoms with E-state index in [0.717, 1.165) is 12.8 Å². The Labute approximate surface area is 189 Å². The summed E-state index contributed by atoms with van der Waals surface area (Å²) in [5, 5.41) is 0. The number of rotatable bonds is 10. The molecule has 0 amide bonds. The van der Waals surface area contributed by atoms with E-state index < -0.39 is 24.2 Å². The lowest BCUT2D eigenvalue weighted by Gasteiger charge is -2.39. The fraction of sp³-hybridized carbons (Fsp3) is 0.818. The van der Waals surface area contributed by atoms with Crippen LogP contribution in [0.5, 0.6) is 0 Å². The van der Waals surface area contributed by atoms with Crippen molar-refractivity contribution in [3.8, 4) is 0 Å². The molecule has 10 heteroatoms. The predicted molar refractivity (Wildman–Crippen MR) is 111 cm³/mol. The molecule has 0 aliphatic carbocycles. The van der Waals surface area contributed by atoms with E-state index in [1.54, 1.807) is 27.7 Å². The summed E-state index contributed by atoms with van der Waals surface area (Å²) >= 11 is 0. The lowest BCUT2D eigenvalue weighted by molar-refractivity contribution is -0.178. The largest absolute Gasteiger partial charge is 0.462 e. The highest BCUT2D eigenvalue weighted by Gasteiger charge is 2.38. The third kappa shape index (κ3) is 10.4. The molecule has 32 heavy (non-hydrogen) atoms. The second kappa shape index (κ2) is 14.1. The van der Waals surface area contributed by atoms with Crippen LogP contribution in [0.3, 0.4) is 0 Å². The molecule has 2 saturated heterocycles. The fourth-order valence-electron chi connectivity index (χ4n) is 2.47. The fourth-order valence-corrected chi connectivity index (χ4v) is 2.47. The number of hydrogen-bond donors (Lipinski definition) is 0. The van der Waals surface area contributed by atoms with Crippen LogP contribution in [0.15, 0.2) is 0 Å². The molecule has 10 nitrogen and oxygen atoms in total. The zero-order valence-corrected chi connectivity index (χ0v) is 19.7. The number of hydrogen-bond acceptors (Lipinski definition) is 10. The smallest absolute Gasteiger partial charge is 0.346 e. The quantitative estimate of drug-likeness (QED) is 0.353. The van der Waals surface area contributed by atoms with E-state index in [4.69, 9.17) is 28.4 Å². The van der Waals surface area contributed by atoms with Crippen LogP contribution >= 0.6 is 0 Å². The summed E-state index contributed by atoms with van der Waals surface area (Å²) in [5.41, 5.74) is -0.0300. The van der Waals surface area contributed by atoms with Gasteiger partial charge in [-0.1, -0.05) is 34.6 Å². The highest BCUT2D eigenvalue weighted by Crippen LogP contribution is 2.31. The van der Waals surface area contributed by atoms with E-state index in [-0.39, 0.29) is 36.4 Å². The van der Waals surface area contributed by atoms with Gasteiger partial charge in [-0.15, -0.1) is 0 Å². The summed E-state index contributed by atoms with van der Waals surface area (Å²) in [5.74, 6) is -2.32. The Morgan fingerprint density at radius 3 is 1.88 bits per heavy atom. The number of carbonyl (C=O) groups excluding carboxylic acids is 4. The van der Waals surface area contributed by atoms with Crippen molar-refractivity contribution in [3.05, 3.63) is 0 Å². The predicted octanol–water partition coefficient (Wildman–Crippen LogP) is 2.02. The Kier molecular flexibility index (Phi) is 12.2. The highest BCUT2D eigenvalue weighted by molar-refractivity contribution is 5.77. The first kappa shape index (κ1) is 27.8. The van der Waals surface area contributed by atoms with Crippen molar-refractivity contribution in [3.63, 3.8) is 0 Å². The van der Waals surface area contributed by atoms with Gasteiger partial charge in [-0.2, -0.15) is 0 Å². The van der Waals surface area contributed by atoms with Crippen LogP contribution in [-0.4, -0.2) is 69.8 Å². The molecular formula is C22H36O10. The zero-order valence-electron chi connectivity index (χ0n) is 19.7. The molecule has 0 radical (unpaired) electrons. The van der Waals surface area contributed by atoms with Gasteiger partial charge in [0.15, 0.2) is 13.2 Å². The zero-order chi connectivity index (χ0) is 24.1. The Morgan fingerprint density at radius 1 is 0.906 bits per heavy atom. The van der Waals surface area contributed by atoms with E-state index in [9.17, 15) is 19.2 Å². The van der Waals surface area contributed by atoms with E-state index >= 15 is 0 Å². The van der Waals surface area contributed by atoms with Crippen LogP contribution < -0.4 is 0 Å². The maximum Gasteiger partial charge on any atom is 0.346 e. The highest BCUT2D eigenvalue weighted by atomic mass is 16.7. The van der Waals surface area contributed by atoms with Gasteiger partial charge in [0.2, 0.25) is 6.29 Å². The monoisotopic (exact) mass is 460 g/mol. The van der Waals surface area contributed by atoms with Crippen molar-refractivity contribution in [1.82, 2.24) is 0 Å². The topological polar surface area (TPSA) is 124 Å². The van der Waals surface area contributed by atoms with Gasteiger partial charge in [0.1, 0.15) is 6.61 Å². The lowest BCUT2D eigenvalue weighted by atomic mass is 9.84. The minimum Gasteiger partial charge on any atom is -0.462 e. The Morgan fingerprint density at radius 2 is 1.47 bits per heavy atom. The first-order valence-corrected chi connectivity index (χ1v) is 11.0. The van der Waals surface area contributed by atoms with Gasteiger partial charge in [0, 0.05) is 6.42 Å². The molecular weight excluding hydrogens is 424 g/mol. The first-order chi connectivity index (χ1) is 15.1. The van der Waals surface area contributed by atoms with Crippen molar-refractivity contribution in [1.29, 1.82) is 0 Å². The van der Waals surface area contributed by atoms with Gasteiger partial charge >= 0.3 is 23.9 Å². The number of esters is 4. The maximum absolute atomic E-state index is 11.3. The minimum atomic E-state index is -0.559. The summed E-state index contributed by atoms with van der Waals surface area (Å²) in [6, 6.07) is 0. The van der Waals surface area contributed by atoms with Gasteiger partial charge in [-0.25, -0.2) is 9.59 Å². The van der Waals surface area contributed by atoms with Crippen molar-refractivity contribution >= 4 is 23.9 Å². The second-order valence-electron chi connectivity index (χ2n) is 8.46. The Hall–Kier alpha value is -2.20. The molecule has 184 valence electrons. The van der Waals surface area contributed by atoms with Gasteiger partial charge < -0.3 is 28.4 Å². The molecule has 2 rings (SSSR count). The molecule has 2 fully saturated rings. The third-order valence-corrected chi connectivity index (χ3v) is 4.86. The van der Waals surface area contributed by atoms with Crippen molar-refractivity contribution in [2.24, 2.45) is 17.3 Å². The van der Waals surface area contributed by atoms with Crippen LogP contribution in [0.2, 0.25) is 0 Å². The molecule has 1 unspecified atom stereocenters. The average molecular weight is 461 g/mol. The molecule has 1 atom stereocenters. The van der Waals surface area contributed by atoms with Crippen LogP contribution in [0.4, 0.5) is 0 Å². The molecule has 2 aliphatic heterocycles. The molecule has 0 N–H and O–H groups in total. The summed E-state index contributed by atoms with van der Waals surface area (Å²) in [7, 11) is 0. The molecule has 0 bridgehead atoms. The Balaban J connectivity index is 0.000000323. The molecule has 0 aromatic rings. The average Bonchev–Trinajstić information content (AvgIpc) is 3.22. The number of carbonyl (C=O) groups is 4. The van der Waals surface area contributed by atoms with E-state index in [1.807, 2.05) is 6.92 Å². The third-order valence-electron chi connectivity index (χ3n) is 4.86. The minimum absolute atomic E-state index is 0.0300. The molecule has 2 heterocycles. The normalized spacial score (nSPS) is 18.8. The molecule has 0 aromatic heterocycles. The summed E-state index contributed by atoms with van der Waals surface area (Å²) in [6.45, 7) is 10.4. The summed E-state index contributed by atoms with van der Waals surface area (Å²) in [6.07, 6.45) is 2.05. The van der Waals surface area contributed by atoms with Crippen LogP contribution in [-0.2, 0) is 47.6 Å². The van der Waals surface area contributed by atoms with Gasteiger partial charge in [0.05, 0.1) is 37.1 Å². The van der Waals surface area contributed by atoms with Gasteiger partial charge in [-0.3, -0.25) is 9.59 Å². The van der Waals surface area contributed by atoms with Crippen LogP contribution in [0, 0.1) is 17.3 Å². The van der Waals surface area contributed by atoms with Gasteiger partial charge in [-0.05, 0) is 12.8 Å². The van der Waals surface area contributed by atoms with Crippen LogP contribution in [0.1, 0.15) is 53.9 Å².